The molecular formula is C14H18F3N3O4. The van der Waals surface area contributed by atoms with Gasteiger partial charge in [-0.05, 0) is 12.1 Å². The van der Waals surface area contributed by atoms with Gasteiger partial charge in [-0.1, -0.05) is 0 Å². The lowest BCUT2D eigenvalue weighted by molar-refractivity contribution is -0.146. The summed E-state index contributed by atoms with van der Waals surface area (Å²) >= 11 is 0. The van der Waals surface area contributed by atoms with E-state index in [-0.39, 0.29) is 12.6 Å². The van der Waals surface area contributed by atoms with Crippen molar-refractivity contribution in [1.82, 2.24) is 15.5 Å². The van der Waals surface area contributed by atoms with E-state index in [0.717, 1.165) is 0 Å². The first-order valence-corrected chi connectivity index (χ1v) is 7.35. The minimum atomic E-state index is -4.57. The molecule has 2 rings (SSSR count). The molecule has 0 spiro atoms. The molecule has 1 atom stereocenters. The summed E-state index contributed by atoms with van der Waals surface area (Å²) in [4.78, 5) is 25.0. The molecule has 10 heteroatoms. The number of furan rings is 1. The van der Waals surface area contributed by atoms with Crippen molar-refractivity contribution in [1.29, 1.82) is 0 Å². The Balaban J connectivity index is 1.90. The average molecular weight is 349 g/mol. The van der Waals surface area contributed by atoms with Crippen molar-refractivity contribution in [3.05, 3.63) is 24.2 Å². The van der Waals surface area contributed by atoms with Gasteiger partial charge in [-0.3, -0.25) is 14.5 Å². The highest BCUT2D eigenvalue weighted by molar-refractivity contribution is 6.35. The van der Waals surface area contributed by atoms with Gasteiger partial charge in [0.2, 0.25) is 0 Å². The lowest BCUT2D eigenvalue weighted by atomic mass is 10.1. The van der Waals surface area contributed by atoms with E-state index >= 15 is 0 Å². The number of hydrogen-bond acceptors (Lipinski definition) is 5. The van der Waals surface area contributed by atoms with Gasteiger partial charge < -0.3 is 19.8 Å². The van der Waals surface area contributed by atoms with Crippen LogP contribution in [0, 0.1) is 0 Å². The maximum atomic E-state index is 12.0. The normalized spacial score (nSPS) is 17.3. The first kappa shape index (κ1) is 18.3. The molecule has 0 aliphatic carbocycles. The zero-order valence-electron chi connectivity index (χ0n) is 12.8. The largest absolute Gasteiger partial charge is 0.468 e. The molecule has 0 saturated carbocycles. The van der Waals surface area contributed by atoms with Crippen molar-refractivity contribution < 1.29 is 31.9 Å². The van der Waals surface area contributed by atoms with Crippen molar-refractivity contribution in [2.75, 3.05) is 39.4 Å². The van der Waals surface area contributed by atoms with E-state index in [1.165, 1.54) is 11.6 Å². The van der Waals surface area contributed by atoms with E-state index in [2.05, 4.69) is 5.32 Å². The molecule has 1 unspecified atom stereocenters. The monoisotopic (exact) mass is 349 g/mol. The van der Waals surface area contributed by atoms with E-state index in [1.807, 2.05) is 4.90 Å². The van der Waals surface area contributed by atoms with Crippen LogP contribution in [0.1, 0.15) is 11.8 Å². The van der Waals surface area contributed by atoms with E-state index in [0.29, 0.717) is 32.1 Å². The van der Waals surface area contributed by atoms with Crippen LogP contribution >= 0.6 is 0 Å². The molecule has 24 heavy (non-hydrogen) atoms. The summed E-state index contributed by atoms with van der Waals surface area (Å²) in [6.07, 6.45) is -3.08. The van der Waals surface area contributed by atoms with Gasteiger partial charge >= 0.3 is 18.0 Å². The highest BCUT2D eigenvalue weighted by Crippen LogP contribution is 2.21. The highest BCUT2D eigenvalue weighted by atomic mass is 19.4. The second kappa shape index (κ2) is 8.15. The Morgan fingerprint density at radius 3 is 2.46 bits per heavy atom. The predicted octanol–water partition coefficient (Wildman–Crippen LogP) is 0.448. The first-order chi connectivity index (χ1) is 11.4. The standard InChI is InChI=1S/C14H18F3N3O4/c15-14(16,17)9-19-13(22)12(21)18-8-10(11-2-1-5-24-11)20-3-6-23-7-4-20/h1-2,5,10H,3-4,6-9H2,(H,18,21)(H,19,22). The van der Waals surface area contributed by atoms with E-state index in [1.54, 1.807) is 12.1 Å². The van der Waals surface area contributed by atoms with Crippen molar-refractivity contribution in [3.63, 3.8) is 0 Å². The number of morpholine rings is 1. The van der Waals surface area contributed by atoms with Gasteiger partial charge in [-0.15, -0.1) is 0 Å². The molecule has 2 N–H and O–H groups in total. The van der Waals surface area contributed by atoms with E-state index in [9.17, 15) is 22.8 Å². The number of hydrogen-bond donors (Lipinski definition) is 2. The fraction of sp³-hybridized carbons (Fsp3) is 0.571. The Morgan fingerprint density at radius 2 is 1.88 bits per heavy atom. The third-order valence-electron chi connectivity index (χ3n) is 3.47. The van der Waals surface area contributed by atoms with Crippen molar-refractivity contribution in [3.8, 4) is 0 Å². The zero-order chi connectivity index (χ0) is 17.6. The second-order valence-electron chi connectivity index (χ2n) is 5.19. The summed E-state index contributed by atoms with van der Waals surface area (Å²) in [5, 5.41) is 3.87. The quantitative estimate of drug-likeness (QED) is 0.754. The molecule has 134 valence electrons. The van der Waals surface area contributed by atoms with Gasteiger partial charge in [-0.25, -0.2) is 0 Å². The topological polar surface area (TPSA) is 83.8 Å². The lowest BCUT2D eigenvalue weighted by Gasteiger charge is -2.33. The minimum absolute atomic E-state index is 0.0335. The van der Waals surface area contributed by atoms with Crippen molar-refractivity contribution >= 4 is 11.8 Å². The maximum absolute atomic E-state index is 12.0. The fourth-order valence-electron chi connectivity index (χ4n) is 2.31. The molecule has 1 aromatic rings. The van der Waals surface area contributed by atoms with Crippen LogP contribution < -0.4 is 10.6 Å². The molecule has 0 radical (unpaired) electrons. The maximum Gasteiger partial charge on any atom is 0.405 e. The zero-order valence-corrected chi connectivity index (χ0v) is 12.8. The average Bonchev–Trinajstić information content (AvgIpc) is 3.07. The minimum Gasteiger partial charge on any atom is -0.468 e. The van der Waals surface area contributed by atoms with Gasteiger partial charge in [0.25, 0.3) is 0 Å². The predicted molar refractivity (Wildman–Crippen MR) is 75.9 cm³/mol. The Kier molecular flexibility index (Phi) is 6.21. The molecule has 0 aromatic carbocycles. The third-order valence-corrected chi connectivity index (χ3v) is 3.47. The van der Waals surface area contributed by atoms with E-state index < -0.39 is 24.5 Å². The van der Waals surface area contributed by atoms with Crippen LogP contribution in [0.25, 0.3) is 0 Å². The highest BCUT2D eigenvalue weighted by Gasteiger charge is 2.30. The molecule has 1 saturated heterocycles. The summed E-state index contributed by atoms with van der Waals surface area (Å²) in [7, 11) is 0. The van der Waals surface area contributed by atoms with Gasteiger partial charge in [-0.2, -0.15) is 13.2 Å². The first-order valence-electron chi connectivity index (χ1n) is 7.35. The third kappa shape index (κ3) is 5.53. The number of alkyl halides is 3. The number of halogens is 3. The fourth-order valence-corrected chi connectivity index (χ4v) is 2.31. The molecule has 1 aliphatic heterocycles. The number of carbonyl (C=O) groups is 2. The van der Waals surface area contributed by atoms with Crippen molar-refractivity contribution in [2.45, 2.75) is 12.2 Å². The summed E-state index contributed by atoms with van der Waals surface area (Å²) in [6.45, 7) is 0.758. The van der Waals surface area contributed by atoms with Gasteiger partial charge in [0.05, 0.1) is 25.5 Å². The van der Waals surface area contributed by atoms with Crippen LogP contribution in [0.4, 0.5) is 13.2 Å². The number of nitrogens with zero attached hydrogens (tertiary/aromatic N) is 1. The van der Waals surface area contributed by atoms with Crippen LogP contribution in [0.3, 0.4) is 0 Å². The molecule has 1 fully saturated rings. The number of ether oxygens (including phenoxy) is 1. The number of carbonyl (C=O) groups excluding carboxylic acids is 2. The van der Waals surface area contributed by atoms with Crippen LogP contribution in [0.5, 0.6) is 0 Å². The number of nitrogens with one attached hydrogen (secondary N) is 2. The van der Waals surface area contributed by atoms with Crippen LogP contribution in [-0.2, 0) is 14.3 Å². The molecular weight excluding hydrogens is 331 g/mol. The van der Waals surface area contributed by atoms with Crippen LogP contribution in [0.2, 0.25) is 0 Å². The molecule has 0 bridgehead atoms. The lowest BCUT2D eigenvalue weighted by Crippen LogP contribution is -2.47. The summed E-state index contributed by atoms with van der Waals surface area (Å²) < 4.78 is 46.7. The molecule has 2 heterocycles. The Labute approximate surface area is 136 Å². The Morgan fingerprint density at radius 1 is 1.21 bits per heavy atom. The smallest absolute Gasteiger partial charge is 0.405 e. The van der Waals surface area contributed by atoms with Gasteiger partial charge in [0, 0.05) is 19.6 Å². The van der Waals surface area contributed by atoms with Gasteiger partial charge in [0.15, 0.2) is 0 Å². The molecule has 1 aliphatic rings. The Bertz CT molecular complexity index is 542. The van der Waals surface area contributed by atoms with Gasteiger partial charge in [0.1, 0.15) is 12.3 Å². The summed E-state index contributed by atoms with van der Waals surface area (Å²) in [6, 6.07) is 3.10. The summed E-state index contributed by atoms with van der Waals surface area (Å²) in [5.74, 6) is -1.86. The number of amides is 2. The molecule has 1 aromatic heterocycles. The SMILES string of the molecule is O=C(NCC(c1ccco1)N1CCOCC1)C(=O)NCC(F)(F)F. The van der Waals surface area contributed by atoms with E-state index in [4.69, 9.17) is 9.15 Å². The Hall–Kier alpha value is -2.07. The van der Waals surface area contributed by atoms with Crippen molar-refractivity contribution in [2.24, 2.45) is 0 Å². The number of rotatable bonds is 5. The molecule has 2 amide bonds. The second-order valence-corrected chi connectivity index (χ2v) is 5.19. The van der Waals surface area contributed by atoms with Crippen LogP contribution in [-0.4, -0.2) is 62.3 Å². The summed E-state index contributed by atoms with van der Waals surface area (Å²) in [5.41, 5.74) is 0. The molecule has 7 nitrogen and oxygen atoms in total. The van der Waals surface area contributed by atoms with Crippen LogP contribution in [0.15, 0.2) is 22.8 Å².